The van der Waals surface area contributed by atoms with Gasteiger partial charge in [-0.3, -0.25) is 0 Å². The van der Waals surface area contributed by atoms with E-state index in [1.807, 2.05) is 24.3 Å². The second kappa shape index (κ2) is 10.4. The molecular formula is C46H27NO3. The summed E-state index contributed by atoms with van der Waals surface area (Å²) in [7, 11) is 0. The van der Waals surface area contributed by atoms with Crippen LogP contribution in [0.5, 0.6) is 0 Å². The average molecular weight is 642 g/mol. The van der Waals surface area contributed by atoms with E-state index in [-0.39, 0.29) is 0 Å². The van der Waals surface area contributed by atoms with Gasteiger partial charge in [-0.2, -0.15) is 0 Å². The molecule has 50 heavy (non-hydrogen) atoms. The lowest BCUT2D eigenvalue weighted by atomic mass is 9.99. The Balaban J connectivity index is 1.06. The lowest BCUT2D eigenvalue weighted by molar-refractivity contribution is 0.668. The number of anilines is 3. The molecule has 0 spiro atoms. The summed E-state index contributed by atoms with van der Waals surface area (Å²) in [4.78, 5) is 2.29. The Morgan fingerprint density at radius 2 is 0.840 bits per heavy atom. The van der Waals surface area contributed by atoms with Gasteiger partial charge in [-0.05, 0) is 94.7 Å². The van der Waals surface area contributed by atoms with Gasteiger partial charge in [0.15, 0.2) is 0 Å². The van der Waals surface area contributed by atoms with Crippen molar-refractivity contribution in [3.63, 3.8) is 0 Å². The van der Waals surface area contributed by atoms with Gasteiger partial charge < -0.3 is 18.2 Å². The number of furan rings is 3. The van der Waals surface area contributed by atoms with Gasteiger partial charge in [-0.15, -0.1) is 0 Å². The summed E-state index contributed by atoms with van der Waals surface area (Å²) in [5.74, 6) is 0. The highest BCUT2D eigenvalue weighted by Crippen LogP contribution is 2.42. The number of benzene rings is 8. The zero-order valence-corrected chi connectivity index (χ0v) is 26.8. The predicted octanol–water partition coefficient (Wildman–Crippen LogP) is 13.7. The van der Waals surface area contributed by atoms with E-state index >= 15 is 0 Å². The third-order valence-electron chi connectivity index (χ3n) is 10.1. The van der Waals surface area contributed by atoms with Gasteiger partial charge in [0, 0.05) is 55.4 Å². The first-order chi connectivity index (χ1) is 24.7. The fraction of sp³-hybridized carbons (Fsp3) is 0. The van der Waals surface area contributed by atoms with Crippen molar-refractivity contribution in [2.24, 2.45) is 0 Å². The van der Waals surface area contributed by atoms with E-state index < -0.39 is 0 Å². The second-order valence-corrected chi connectivity index (χ2v) is 12.9. The largest absolute Gasteiger partial charge is 0.456 e. The lowest BCUT2D eigenvalue weighted by Gasteiger charge is -2.25. The Kier molecular flexibility index (Phi) is 5.63. The minimum atomic E-state index is 0.855. The minimum Gasteiger partial charge on any atom is -0.456 e. The summed E-state index contributed by atoms with van der Waals surface area (Å²) in [6.07, 6.45) is 0. The van der Waals surface area contributed by atoms with Crippen molar-refractivity contribution in [1.29, 1.82) is 0 Å². The van der Waals surface area contributed by atoms with Crippen LogP contribution in [0.2, 0.25) is 0 Å². The molecule has 11 rings (SSSR count). The summed E-state index contributed by atoms with van der Waals surface area (Å²) >= 11 is 0. The quantitative estimate of drug-likeness (QED) is 0.192. The van der Waals surface area contributed by atoms with Crippen LogP contribution in [0.1, 0.15) is 0 Å². The summed E-state index contributed by atoms with van der Waals surface area (Å²) in [6.45, 7) is 0. The van der Waals surface area contributed by atoms with E-state index in [9.17, 15) is 0 Å². The molecule has 0 unspecified atom stereocenters. The topological polar surface area (TPSA) is 42.7 Å². The van der Waals surface area contributed by atoms with Crippen LogP contribution in [0.4, 0.5) is 17.1 Å². The average Bonchev–Trinajstić information content (AvgIpc) is 3.86. The maximum absolute atomic E-state index is 6.34. The molecule has 0 saturated heterocycles. The summed E-state index contributed by atoms with van der Waals surface area (Å²) in [5.41, 5.74) is 10.7. The van der Waals surface area contributed by atoms with Gasteiger partial charge in [0.05, 0.1) is 0 Å². The Bertz CT molecular complexity index is 3110. The van der Waals surface area contributed by atoms with Crippen molar-refractivity contribution in [2.45, 2.75) is 0 Å². The van der Waals surface area contributed by atoms with Crippen molar-refractivity contribution in [3.8, 4) is 11.1 Å². The number of hydrogen-bond donors (Lipinski definition) is 0. The molecule has 0 bridgehead atoms. The van der Waals surface area contributed by atoms with Crippen LogP contribution in [-0.4, -0.2) is 0 Å². The number of nitrogens with zero attached hydrogens (tertiary/aromatic N) is 1. The standard InChI is InChI=1S/C46H27NO3/c1-2-8-34-29(7-1)15-23-44-46(34)39-25-30(16-22-43(39)49-44)28-13-17-31(18-14-28)47(32-20-24-42-38(26-32)36-10-4-6-12-41(36)48-42)33-19-21-37-35-9-3-5-11-40(35)50-45(37)27-33/h1-27H. The van der Waals surface area contributed by atoms with E-state index in [0.29, 0.717) is 0 Å². The first-order valence-electron chi connectivity index (χ1n) is 16.8. The monoisotopic (exact) mass is 641 g/mol. The number of para-hydroxylation sites is 2. The molecule has 4 heteroatoms. The van der Waals surface area contributed by atoms with Crippen LogP contribution in [0.25, 0.3) is 87.7 Å². The SMILES string of the molecule is c1ccc2c(c1)ccc1oc3ccc(-c4ccc(N(c5ccc6c(c5)oc5ccccc56)c5ccc6oc7ccccc7c6c5)cc4)cc3c12. The van der Waals surface area contributed by atoms with Crippen molar-refractivity contribution in [1.82, 2.24) is 0 Å². The molecule has 0 N–H and O–H groups in total. The zero-order chi connectivity index (χ0) is 32.8. The number of hydrogen-bond acceptors (Lipinski definition) is 4. The van der Waals surface area contributed by atoms with Crippen LogP contribution >= 0.6 is 0 Å². The van der Waals surface area contributed by atoms with Crippen molar-refractivity contribution < 1.29 is 13.3 Å². The van der Waals surface area contributed by atoms with Crippen LogP contribution in [0, 0.1) is 0 Å². The van der Waals surface area contributed by atoms with Crippen LogP contribution < -0.4 is 4.90 Å². The van der Waals surface area contributed by atoms with Crippen molar-refractivity contribution in [3.05, 3.63) is 164 Å². The normalized spacial score (nSPS) is 12.0. The van der Waals surface area contributed by atoms with Gasteiger partial charge >= 0.3 is 0 Å². The summed E-state index contributed by atoms with van der Waals surface area (Å²) in [6, 6.07) is 57.3. The van der Waals surface area contributed by atoms with E-state index in [0.717, 1.165) is 94.0 Å². The molecule has 0 aliphatic carbocycles. The van der Waals surface area contributed by atoms with Gasteiger partial charge in [0.25, 0.3) is 0 Å². The van der Waals surface area contributed by atoms with E-state index in [1.54, 1.807) is 0 Å². The fourth-order valence-corrected chi connectivity index (χ4v) is 7.68. The fourth-order valence-electron chi connectivity index (χ4n) is 7.68. The van der Waals surface area contributed by atoms with Crippen molar-refractivity contribution >= 4 is 93.7 Å². The first-order valence-corrected chi connectivity index (χ1v) is 16.8. The van der Waals surface area contributed by atoms with Crippen LogP contribution in [0.15, 0.2) is 177 Å². The highest BCUT2D eigenvalue weighted by Gasteiger charge is 2.18. The first kappa shape index (κ1) is 27.2. The van der Waals surface area contributed by atoms with Gasteiger partial charge in [0.2, 0.25) is 0 Å². The van der Waals surface area contributed by atoms with Crippen LogP contribution in [0.3, 0.4) is 0 Å². The smallest absolute Gasteiger partial charge is 0.137 e. The molecule has 0 fully saturated rings. The highest BCUT2D eigenvalue weighted by atomic mass is 16.3. The molecular weight excluding hydrogens is 615 g/mol. The molecule has 3 heterocycles. The molecule has 234 valence electrons. The molecule has 0 atom stereocenters. The van der Waals surface area contributed by atoms with E-state index in [4.69, 9.17) is 13.3 Å². The Morgan fingerprint density at radius 3 is 1.68 bits per heavy atom. The lowest BCUT2D eigenvalue weighted by Crippen LogP contribution is -2.09. The summed E-state index contributed by atoms with van der Waals surface area (Å²) < 4.78 is 18.8. The molecule has 0 amide bonds. The second-order valence-electron chi connectivity index (χ2n) is 12.9. The molecule has 0 aliphatic heterocycles. The zero-order valence-electron chi connectivity index (χ0n) is 26.8. The molecule has 0 radical (unpaired) electrons. The summed E-state index contributed by atoms with van der Waals surface area (Å²) in [5, 5.41) is 9.10. The highest BCUT2D eigenvalue weighted by molar-refractivity contribution is 6.19. The molecule has 8 aromatic carbocycles. The minimum absolute atomic E-state index is 0.855. The predicted molar refractivity (Wildman–Crippen MR) is 206 cm³/mol. The maximum atomic E-state index is 6.34. The van der Waals surface area contributed by atoms with E-state index in [1.165, 1.54) is 10.8 Å². The molecule has 4 nitrogen and oxygen atoms in total. The maximum Gasteiger partial charge on any atom is 0.137 e. The third kappa shape index (κ3) is 4.06. The number of fused-ring (bicyclic) bond motifs is 11. The van der Waals surface area contributed by atoms with Gasteiger partial charge in [-0.25, -0.2) is 0 Å². The van der Waals surface area contributed by atoms with Gasteiger partial charge in [0.1, 0.15) is 33.5 Å². The van der Waals surface area contributed by atoms with Gasteiger partial charge in [-0.1, -0.05) is 84.9 Å². The van der Waals surface area contributed by atoms with Crippen LogP contribution in [-0.2, 0) is 0 Å². The molecule has 11 aromatic rings. The Hall–Kier alpha value is -6.78. The molecule has 3 aromatic heterocycles. The number of rotatable bonds is 4. The molecule has 0 saturated carbocycles. The Labute approximate surface area is 286 Å². The third-order valence-corrected chi connectivity index (χ3v) is 10.1. The van der Waals surface area contributed by atoms with Crippen molar-refractivity contribution in [2.75, 3.05) is 4.90 Å². The Morgan fingerprint density at radius 1 is 0.300 bits per heavy atom. The molecule has 0 aliphatic rings. The van der Waals surface area contributed by atoms with E-state index in [2.05, 4.69) is 144 Å².